The molecule has 1 N–H and O–H groups in total. The SMILES string of the molecule is C=CCn1c(=O)c2cnc(Nc3ccc(N4CCN(C)CC4)cc3)nc2n1-c1ccc(=O)n(C(C)CC)n1. The molecule has 1 unspecified atom stereocenters. The lowest BCUT2D eigenvalue weighted by molar-refractivity contribution is 0.313. The molecule has 0 bridgehead atoms. The predicted octanol–water partition coefficient (Wildman–Crippen LogP) is 2.79. The summed E-state index contributed by atoms with van der Waals surface area (Å²) in [6, 6.07) is 11.2. The van der Waals surface area contributed by atoms with Gasteiger partial charge in [-0.3, -0.25) is 9.59 Å². The predicted molar refractivity (Wildman–Crippen MR) is 150 cm³/mol. The number of anilines is 3. The van der Waals surface area contributed by atoms with E-state index < -0.39 is 0 Å². The van der Waals surface area contributed by atoms with Crippen molar-refractivity contribution in [2.75, 3.05) is 43.4 Å². The van der Waals surface area contributed by atoms with Crippen molar-refractivity contribution in [3.8, 4) is 5.82 Å². The minimum atomic E-state index is -0.258. The van der Waals surface area contributed by atoms with Crippen LogP contribution < -0.4 is 21.3 Å². The Morgan fingerprint density at radius 1 is 1.08 bits per heavy atom. The summed E-state index contributed by atoms with van der Waals surface area (Å²) in [5.41, 5.74) is 1.95. The Morgan fingerprint density at radius 2 is 1.82 bits per heavy atom. The van der Waals surface area contributed by atoms with Crippen LogP contribution in [0.4, 0.5) is 17.3 Å². The number of hydrogen-bond acceptors (Lipinski definition) is 8. The van der Waals surface area contributed by atoms with Crippen molar-refractivity contribution >= 4 is 28.4 Å². The number of rotatable bonds is 8. The van der Waals surface area contributed by atoms with E-state index in [0.717, 1.165) is 38.3 Å². The van der Waals surface area contributed by atoms with Gasteiger partial charge in [0.15, 0.2) is 11.5 Å². The van der Waals surface area contributed by atoms with Gasteiger partial charge >= 0.3 is 0 Å². The van der Waals surface area contributed by atoms with Crippen molar-refractivity contribution < 1.29 is 0 Å². The van der Waals surface area contributed by atoms with Crippen LogP contribution in [0.25, 0.3) is 16.9 Å². The highest BCUT2D eigenvalue weighted by Crippen LogP contribution is 2.22. The molecule has 0 saturated carbocycles. The Hall–Kier alpha value is -4.25. The maximum Gasteiger partial charge on any atom is 0.278 e. The van der Waals surface area contributed by atoms with Gasteiger partial charge < -0.3 is 15.1 Å². The zero-order valence-corrected chi connectivity index (χ0v) is 22.0. The first-order chi connectivity index (χ1) is 18.4. The van der Waals surface area contributed by atoms with Gasteiger partial charge in [-0.2, -0.15) is 4.98 Å². The molecule has 1 aliphatic heterocycles. The molecule has 1 atom stereocenters. The number of aromatic nitrogens is 6. The summed E-state index contributed by atoms with van der Waals surface area (Å²) in [7, 11) is 2.14. The monoisotopic (exact) mass is 515 g/mol. The molecule has 0 amide bonds. The summed E-state index contributed by atoms with van der Waals surface area (Å²) in [5, 5.41) is 8.18. The molecule has 5 rings (SSSR count). The fourth-order valence-electron chi connectivity index (χ4n) is 4.57. The Balaban J connectivity index is 1.51. The fourth-order valence-corrected chi connectivity index (χ4v) is 4.57. The number of nitrogens with zero attached hydrogens (tertiary/aromatic N) is 8. The molecule has 1 aliphatic rings. The molecule has 4 heterocycles. The third-order valence-corrected chi connectivity index (χ3v) is 7.01. The largest absolute Gasteiger partial charge is 0.369 e. The van der Waals surface area contributed by atoms with E-state index in [1.54, 1.807) is 16.8 Å². The van der Waals surface area contributed by atoms with Gasteiger partial charge in [-0.25, -0.2) is 19.0 Å². The van der Waals surface area contributed by atoms with Gasteiger partial charge in [0.2, 0.25) is 5.95 Å². The van der Waals surface area contributed by atoms with Gasteiger partial charge in [0.05, 0.1) is 12.6 Å². The second-order valence-electron chi connectivity index (χ2n) is 9.61. The van der Waals surface area contributed by atoms with Gasteiger partial charge in [-0.1, -0.05) is 13.0 Å². The fraction of sp³-hybridized carbons (Fsp3) is 0.370. The number of nitrogens with one attached hydrogen (secondary N) is 1. The topological polar surface area (TPSA) is 106 Å². The molecule has 0 spiro atoms. The van der Waals surface area contributed by atoms with Gasteiger partial charge in [0.1, 0.15) is 5.39 Å². The molecule has 1 aromatic carbocycles. The summed E-state index contributed by atoms with van der Waals surface area (Å²) in [5.74, 6) is 0.768. The lowest BCUT2D eigenvalue weighted by Gasteiger charge is -2.34. The van der Waals surface area contributed by atoms with Crippen LogP contribution in [-0.4, -0.2) is 67.2 Å². The van der Waals surface area contributed by atoms with E-state index in [2.05, 4.69) is 51.0 Å². The van der Waals surface area contributed by atoms with Gasteiger partial charge in [-0.05, 0) is 50.7 Å². The average molecular weight is 516 g/mol. The molecule has 0 aliphatic carbocycles. The molecule has 198 valence electrons. The second-order valence-corrected chi connectivity index (χ2v) is 9.61. The van der Waals surface area contributed by atoms with Crippen molar-refractivity contribution in [3.63, 3.8) is 0 Å². The van der Waals surface area contributed by atoms with Crippen molar-refractivity contribution in [2.45, 2.75) is 32.9 Å². The normalized spacial score (nSPS) is 15.1. The molecule has 3 aromatic heterocycles. The van der Waals surface area contributed by atoms with Gasteiger partial charge in [-0.15, -0.1) is 11.7 Å². The number of benzene rings is 1. The van der Waals surface area contributed by atoms with Crippen molar-refractivity contribution in [1.29, 1.82) is 0 Å². The highest BCUT2D eigenvalue weighted by molar-refractivity contribution is 5.77. The van der Waals surface area contributed by atoms with E-state index in [4.69, 9.17) is 4.98 Å². The number of piperazine rings is 1. The number of hydrogen-bond donors (Lipinski definition) is 1. The Morgan fingerprint density at radius 3 is 2.50 bits per heavy atom. The summed E-state index contributed by atoms with van der Waals surface area (Å²) in [6.07, 6.45) is 3.90. The molecule has 0 radical (unpaired) electrons. The summed E-state index contributed by atoms with van der Waals surface area (Å²) >= 11 is 0. The van der Waals surface area contributed by atoms with Crippen LogP contribution in [0.5, 0.6) is 0 Å². The molecule has 11 heteroatoms. The zero-order chi connectivity index (χ0) is 26.8. The standard InChI is InChI=1S/C27H33N9O2/c1-5-13-34-26(38)22-18-28-27(29-20-7-9-21(10-8-20)33-16-14-32(4)15-17-33)30-25(22)36(34)23-11-12-24(37)35(31-23)19(3)6-2/h5,7-12,18-19H,1,6,13-17H2,2-4H3,(H,28,29,30). The number of likely N-dealkylation sites (N-methyl/N-ethyl adjacent to an activating group) is 1. The first kappa shape index (κ1) is 25.4. The smallest absolute Gasteiger partial charge is 0.278 e. The minimum Gasteiger partial charge on any atom is -0.369 e. The van der Waals surface area contributed by atoms with Crippen LogP contribution in [0, 0.1) is 0 Å². The molecular formula is C27H33N9O2. The van der Waals surface area contributed by atoms with Crippen molar-refractivity contribution in [3.05, 3.63) is 76.0 Å². The van der Waals surface area contributed by atoms with Crippen LogP contribution in [0.2, 0.25) is 0 Å². The minimum absolute atomic E-state index is 0.0930. The summed E-state index contributed by atoms with van der Waals surface area (Å²) in [6.45, 7) is 12.1. The molecule has 38 heavy (non-hydrogen) atoms. The zero-order valence-electron chi connectivity index (χ0n) is 22.0. The maximum atomic E-state index is 13.2. The highest BCUT2D eigenvalue weighted by Gasteiger charge is 2.19. The first-order valence-electron chi connectivity index (χ1n) is 12.9. The van der Waals surface area contributed by atoms with Crippen LogP contribution in [0.1, 0.15) is 26.3 Å². The maximum absolute atomic E-state index is 13.2. The highest BCUT2D eigenvalue weighted by atomic mass is 16.1. The quantitative estimate of drug-likeness (QED) is 0.357. The average Bonchev–Trinajstić information content (AvgIpc) is 3.20. The third kappa shape index (κ3) is 4.84. The van der Waals surface area contributed by atoms with Crippen LogP contribution in [-0.2, 0) is 6.54 Å². The molecule has 1 saturated heterocycles. The van der Waals surface area contributed by atoms with E-state index in [0.29, 0.717) is 22.8 Å². The summed E-state index contributed by atoms with van der Waals surface area (Å²) in [4.78, 5) is 39.5. The van der Waals surface area contributed by atoms with Crippen LogP contribution in [0.3, 0.4) is 0 Å². The molecule has 1 fully saturated rings. The molecule has 4 aromatic rings. The van der Waals surface area contributed by atoms with Crippen molar-refractivity contribution in [1.82, 2.24) is 34.0 Å². The molecular weight excluding hydrogens is 482 g/mol. The van der Waals surface area contributed by atoms with Gasteiger partial charge in [0.25, 0.3) is 11.1 Å². The summed E-state index contributed by atoms with van der Waals surface area (Å²) < 4.78 is 4.56. The Bertz CT molecular complexity index is 1560. The number of allylic oxidation sites excluding steroid dienone is 1. The van der Waals surface area contributed by atoms with E-state index in [1.165, 1.54) is 27.3 Å². The Kier molecular flexibility index (Phi) is 7.10. The van der Waals surface area contributed by atoms with E-state index in [9.17, 15) is 9.59 Å². The van der Waals surface area contributed by atoms with Gasteiger partial charge in [0, 0.05) is 49.8 Å². The Labute approximate surface area is 220 Å². The lowest BCUT2D eigenvalue weighted by atomic mass is 10.2. The van der Waals surface area contributed by atoms with Crippen LogP contribution in [0.15, 0.2) is 64.8 Å². The van der Waals surface area contributed by atoms with E-state index >= 15 is 0 Å². The lowest BCUT2D eigenvalue weighted by Crippen LogP contribution is -2.44. The van der Waals surface area contributed by atoms with E-state index in [1.807, 2.05) is 26.0 Å². The van der Waals surface area contributed by atoms with Crippen molar-refractivity contribution in [2.24, 2.45) is 0 Å². The number of fused-ring (bicyclic) bond motifs is 1. The first-order valence-corrected chi connectivity index (χ1v) is 12.9. The molecule has 11 nitrogen and oxygen atoms in total. The van der Waals surface area contributed by atoms with Crippen LogP contribution >= 0.6 is 0 Å². The second kappa shape index (κ2) is 10.6. The third-order valence-electron chi connectivity index (χ3n) is 7.01. The van der Waals surface area contributed by atoms with E-state index in [-0.39, 0.29) is 23.7 Å².